The van der Waals surface area contributed by atoms with Crippen molar-refractivity contribution in [2.45, 2.75) is 19.3 Å². The van der Waals surface area contributed by atoms with Gasteiger partial charge in [-0.3, -0.25) is 0 Å². The Kier molecular flexibility index (Phi) is 3.25. The smallest absolute Gasteiger partial charge is 0.194 e. The molecule has 0 bridgehead atoms. The Morgan fingerprint density at radius 1 is 1.40 bits per heavy atom. The Morgan fingerprint density at radius 2 is 1.93 bits per heavy atom. The molecule has 0 atom stereocenters. The average Bonchev–Trinajstić information content (AvgIpc) is 2.14. The summed E-state index contributed by atoms with van der Waals surface area (Å²) in [6.45, 7) is 2.99. The minimum Gasteiger partial charge on any atom is -0.504 e. The lowest BCUT2D eigenvalue weighted by Gasteiger charge is -2.24. The highest BCUT2D eigenvalue weighted by molar-refractivity contribution is 9.10. The van der Waals surface area contributed by atoms with E-state index in [0.29, 0.717) is 4.47 Å². The van der Waals surface area contributed by atoms with Crippen molar-refractivity contribution in [2.24, 2.45) is 0 Å². The number of aromatic hydroxyl groups is 2. The van der Waals surface area contributed by atoms with E-state index >= 15 is 0 Å². The third kappa shape index (κ3) is 2.08. The fraction of sp³-hybridized carbons (Fsp3) is 0.400. The number of benzene rings is 1. The van der Waals surface area contributed by atoms with Crippen LogP contribution in [0.5, 0.6) is 11.5 Å². The van der Waals surface area contributed by atoms with Gasteiger partial charge in [0.05, 0.1) is 6.61 Å². The van der Waals surface area contributed by atoms with Gasteiger partial charge >= 0.3 is 0 Å². The predicted molar refractivity (Wildman–Crippen MR) is 57.5 cm³/mol. The van der Waals surface area contributed by atoms with Gasteiger partial charge in [-0.15, -0.1) is 0 Å². The third-order valence-corrected chi connectivity index (χ3v) is 2.87. The number of hydrogen-bond acceptors (Lipinski definition) is 3. The van der Waals surface area contributed by atoms with Gasteiger partial charge in [-0.25, -0.2) is 4.39 Å². The molecule has 0 aliphatic heterocycles. The summed E-state index contributed by atoms with van der Waals surface area (Å²) in [5.74, 6) is -2.24. The summed E-state index contributed by atoms with van der Waals surface area (Å²) in [5, 5.41) is 27.5. The molecule has 0 spiro atoms. The molecule has 3 nitrogen and oxygen atoms in total. The van der Waals surface area contributed by atoms with Crippen LogP contribution in [0.3, 0.4) is 0 Å². The van der Waals surface area contributed by atoms with Gasteiger partial charge in [0.1, 0.15) is 0 Å². The summed E-state index contributed by atoms with van der Waals surface area (Å²) in [4.78, 5) is 0. The zero-order chi connectivity index (χ0) is 11.8. The van der Waals surface area contributed by atoms with E-state index in [-0.39, 0.29) is 12.2 Å². The first-order valence-electron chi connectivity index (χ1n) is 4.32. The highest BCUT2D eigenvalue weighted by atomic mass is 79.9. The van der Waals surface area contributed by atoms with Crippen molar-refractivity contribution < 1.29 is 19.7 Å². The Hall–Kier alpha value is -0.810. The molecule has 1 rings (SSSR count). The number of phenols is 2. The molecule has 0 saturated heterocycles. The number of aliphatic hydroxyl groups is 1. The van der Waals surface area contributed by atoms with Crippen LogP contribution in [0.1, 0.15) is 19.4 Å². The van der Waals surface area contributed by atoms with Crippen molar-refractivity contribution in [1.82, 2.24) is 0 Å². The number of rotatable bonds is 2. The minimum absolute atomic E-state index is 0.139. The van der Waals surface area contributed by atoms with Crippen LogP contribution in [-0.4, -0.2) is 21.9 Å². The van der Waals surface area contributed by atoms with Crippen molar-refractivity contribution in [2.75, 3.05) is 6.61 Å². The highest BCUT2D eigenvalue weighted by Crippen LogP contribution is 2.40. The van der Waals surface area contributed by atoms with E-state index in [1.807, 2.05) is 0 Å². The first-order valence-corrected chi connectivity index (χ1v) is 5.12. The molecular formula is C10H12BrFO3. The van der Waals surface area contributed by atoms with Crippen LogP contribution in [0, 0.1) is 5.82 Å². The summed E-state index contributed by atoms with van der Waals surface area (Å²) in [6.07, 6.45) is 0. The first-order chi connectivity index (χ1) is 6.81. The van der Waals surface area contributed by atoms with Crippen LogP contribution < -0.4 is 0 Å². The van der Waals surface area contributed by atoms with Gasteiger partial charge in [-0.2, -0.15) is 0 Å². The van der Waals surface area contributed by atoms with Crippen molar-refractivity contribution in [1.29, 1.82) is 0 Å². The standard InChI is InChI=1S/C10H12BrFO3/c1-10(2,4-13)7-5(11)3-6(14)9(15)8(7)12/h3,13-15H,4H2,1-2H3. The van der Waals surface area contributed by atoms with E-state index in [0.717, 1.165) is 0 Å². The third-order valence-electron chi connectivity index (χ3n) is 2.24. The van der Waals surface area contributed by atoms with Gasteiger partial charge in [-0.05, 0) is 6.07 Å². The molecule has 0 heterocycles. The molecular weight excluding hydrogens is 267 g/mol. The van der Waals surface area contributed by atoms with Crippen molar-refractivity contribution >= 4 is 15.9 Å². The first kappa shape index (κ1) is 12.3. The molecule has 0 aliphatic carbocycles. The minimum atomic E-state index is -0.916. The average molecular weight is 279 g/mol. The van der Waals surface area contributed by atoms with Crippen LogP contribution in [0.4, 0.5) is 4.39 Å². The molecule has 84 valence electrons. The largest absolute Gasteiger partial charge is 0.504 e. The quantitative estimate of drug-likeness (QED) is 0.728. The Morgan fingerprint density at radius 3 is 2.40 bits per heavy atom. The van der Waals surface area contributed by atoms with Crippen molar-refractivity contribution in [3.8, 4) is 11.5 Å². The maximum absolute atomic E-state index is 13.7. The number of aliphatic hydroxyl groups excluding tert-OH is 1. The second-order valence-corrected chi connectivity index (χ2v) is 4.81. The monoisotopic (exact) mass is 278 g/mol. The van der Waals surface area contributed by atoms with Gasteiger partial charge in [0.15, 0.2) is 17.3 Å². The molecule has 0 saturated carbocycles. The molecule has 3 N–H and O–H groups in total. The van der Waals surface area contributed by atoms with Crippen LogP contribution in [0.15, 0.2) is 10.5 Å². The Bertz CT molecular complexity index is 391. The van der Waals surface area contributed by atoms with Gasteiger partial charge in [-0.1, -0.05) is 29.8 Å². The molecule has 0 aromatic heterocycles. The SMILES string of the molecule is CC(C)(CO)c1c(Br)cc(O)c(O)c1F. The van der Waals surface area contributed by atoms with Crippen molar-refractivity contribution in [3.05, 3.63) is 21.9 Å². The Labute approximate surface area is 95.3 Å². The normalized spacial score (nSPS) is 11.8. The topological polar surface area (TPSA) is 60.7 Å². The van der Waals surface area contributed by atoms with E-state index in [4.69, 9.17) is 10.2 Å². The highest BCUT2D eigenvalue weighted by Gasteiger charge is 2.29. The number of hydrogen-bond donors (Lipinski definition) is 3. The molecule has 1 aromatic rings. The summed E-state index contributed by atoms with van der Waals surface area (Å²) in [5.41, 5.74) is -0.700. The van der Waals surface area contributed by atoms with Gasteiger partial charge < -0.3 is 15.3 Å². The van der Waals surface area contributed by atoms with Crippen LogP contribution in [-0.2, 0) is 5.41 Å². The van der Waals surface area contributed by atoms with Crippen LogP contribution in [0.2, 0.25) is 0 Å². The van der Waals surface area contributed by atoms with E-state index in [1.54, 1.807) is 13.8 Å². The second-order valence-electron chi connectivity index (χ2n) is 3.96. The van der Waals surface area contributed by atoms with Crippen LogP contribution >= 0.6 is 15.9 Å². The molecule has 0 unspecified atom stereocenters. The molecule has 5 heteroatoms. The molecule has 0 amide bonds. The van der Waals surface area contributed by atoms with E-state index in [9.17, 15) is 9.50 Å². The zero-order valence-electron chi connectivity index (χ0n) is 8.38. The second kappa shape index (κ2) is 3.98. The van der Waals surface area contributed by atoms with Gasteiger partial charge in [0.25, 0.3) is 0 Å². The molecule has 1 aromatic carbocycles. The fourth-order valence-corrected chi connectivity index (χ4v) is 2.22. The lowest BCUT2D eigenvalue weighted by atomic mass is 9.85. The summed E-state index contributed by atoms with van der Waals surface area (Å²) in [7, 11) is 0. The van der Waals surface area contributed by atoms with Crippen molar-refractivity contribution in [3.63, 3.8) is 0 Å². The van der Waals surface area contributed by atoms with Crippen LogP contribution in [0.25, 0.3) is 0 Å². The fourth-order valence-electron chi connectivity index (χ4n) is 1.30. The van der Waals surface area contributed by atoms with E-state index in [2.05, 4.69) is 15.9 Å². The summed E-state index contributed by atoms with van der Waals surface area (Å²) < 4.78 is 14.0. The molecule has 15 heavy (non-hydrogen) atoms. The number of phenolic OH excluding ortho intramolecular Hbond substituents is 2. The molecule has 0 fully saturated rings. The van der Waals surface area contributed by atoms with E-state index < -0.39 is 22.7 Å². The summed E-state index contributed by atoms with van der Waals surface area (Å²) in [6, 6.07) is 1.20. The number of halogens is 2. The lowest BCUT2D eigenvalue weighted by Crippen LogP contribution is -2.24. The Balaban J connectivity index is 3.49. The van der Waals surface area contributed by atoms with Gasteiger partial charge in [0, 0.05) is 15.5 Å². The predicted octanol–water partition coefficient (Wildman–Crippen LogP) is 2.27. The van der Waals surface area contributed by atoms with E-state index in [1.165, 1.54) is 6.07 Å². The maximum Gasteiger partial charge on any atom is 0.194 e. The molecule has 0 aliphatic rings. The summed E-state index contributed by atoms with van der Waals surface area (Å²) >= 11 is 3.09. The van der Waals surface area contributed by atoms with Gasteiger partial charge in [0.2, 0.25) is 0 Å². The zero-order valence-corrected chi connectivity index (χ0v) is 9.97. The molecule has 0 radical (unpaired) electrons. The maximum atomic E-state index is 13.7. The lowest BCUT2D eigenvalue weighted by molar-refractivity contribution is 0.213.